The van der Waals surface area contributed by atoms with Crippen molar-refractivity contribution in [3.63, 3.8) is 0 Å². The Balaban J connectivity index is 1.36. The third-order valence-electron chi connectivity index (χ3n) is 4.09. The summed E-state index contributed by atoms with van der Waals surface area (Å²) in [6.07, 6.45) is 7.88. The molecule has 2 aromatic carbocycles. The predicted octanol–water partition coefficient (Wildman–Crippen LogP) is 3.07. The van der Waals surface area contributed by atoms with Gasteiger partial charge >= 0.3 is 0 Å². The lowest BCUT2D eigenvalue weighted by Crippen LogP contribution is -2.20. The number of rotatable bonds is 5. The van der Waals surface area contributed by atoms with Gasteiger partial charge in [0, 0.05) is 25.0 Å². The number of hydrogen-bond acceptors (Lipinski definition) is 4. The van der Waals surface area contributed by atoms with Crippen molar-refractivity contribution in [3.05, 3.63) is 78.1 Å². The van der Waals surface area contributed by atoms with Crippen molar-refractivity contribution in [1.82, 2.24) is 14.9 Å². The average Bonchev–Trinajstić information content (AvgIpc) is 3.36. The van der Waals surface area contributed by atoms with Crippen LogP contribution in [-0.4, -0.2) is 22.3 Å². The fraction of sp³-hybridized carbons (Fsp3) is 0.100. The van der Waals surface area contributed by atoms with Crippen molar-refractivity contribution < 1.29 is 18.7 Å². The number of nitrogens with one attached hydrogen (secondary N) is 1. The first kappa shape index (κ1) is 16.8. The summed E-state index contributed by atoms with van der Waals surface area (Å²) >= 11 is 0. The molecule has 0 bridgehead atoms. The third-order valence-corrected chi connectivity index (χ3v) is 4.09. The Morgan fingerprint density at radius 2 is 2.11 bits per heavy atom. The summed E-state index contributed by atoms with van der Waals surface area (Å²) in [7, 11) is 0. The molecule has 0 atom stereocenters. The highest BCUT2D eigenvalue weighted by molar-refractivity contribution is 5.91. The standard InChI is InChI=1S/C20H16FN3O3/c21-16-9-15(1-4-17(16)24-8-7-22-12-24)11-23-20(25)6-3-14-2-5-18-19(10-14)27-13-26-18/h1-10,12H,11,13H2,(H,23,25)/b6-3+. The van der Waals surface area contributed by atoms with Gasteiger partial charge in [-0.25, -0.2) is 9.37 Å². The molecule has 0 saturated carbocycles. The lowest BCUT2D eigenvalue weighted by atomic mass is 10.1. The summed E-state index contributed by atoms with van der Waals surface area (Å²) < 4.78 is 26.4. The van der Waals surface area contributed by atoms with Gasteiger partial charge in [-0.05, 0) is 41.5 Å². The zero-order valence-corrected chi connectivity index (χ0v) is 14.3. The Morgan fingerprint density at radius 1 is 1.22 bits per heavy atom. The lowest BCUT2D eigenvalue weighted by molar-refractivity contribution is -0.116. The molecule has 27 heavy (non-hydrogen) atoms. The van der Waals surface area contributed by atoms with Crippen LogP contribution >= 0.6 is 0 Å². The first-order valence-corrected chi connectivity index (χ1v) is 8.31. The fourth-order valence-corrected chi connectivity index (χ4v) is 2.71. The van der Waals surface area contributed by atoms with E-state index in [9.17, 15) is 9.18 Å². The maximum absolute atomic E-state index is 14.2. The largest absolute Gasteiger partial charge is 0.454 e. The molecule has 1 aliphatic rings. The van der Waals surface area contributed by atoms with E-state index in [4.69, 9.17) is 9.47 Å². The monoisotopic (exact) mass is 365 g/mol. The summed E-state index contributed by atoms with van der Waals surface area (Å²) in [5.74, 6) is 0.700. The number of carbonyl (C=O) groups excluding carboxylic acids is 1. The first-order valence-electron chi connectivity index (χ1n) is 8.31. The van der Waals surface area contributed by atoms with E-state index in [1.165, 1.54) is 18.5 Å². The molecule has 6 nitrogen and oxygen atoms in total. The van der Waals surface area contributed by atoms with Gasteiger partial charge in [0.1, 0.15) is 5.82 Å². The van der Waals surface area contributed by atoms with Gasteiger partial charge in [-0.3, -0.25) is 4.79 Å². The molecular weight excluding hydrogens is 349 g/mol. The van der Waals surface area contributed by atoms with Crippen LogP contribution in [0.4, 0.5) is 4.39 Å². The number of imidazole rings is 1. The number of halogens is 1. The molecule has 0 radical (unpaired) electrons. The highest BCUT2D eigenvalue weighted by atomic mass is 19.1. The van der Waals surface area contributed by atoms with Crippen molar-refractivity contribution >= 4 is 12.0 Å². The van der Waals surface area contributed by atoms with Crippen LogP contribution in [0, 0.1) is 5.82 Å². The number of carbonyl (C=O) groups is 1. The van der Waals surface area contributed by atoms with E-state index in [1.54, 1.807) is 47.3 Å². The molecule has 0 aliphatic carbocycles. The van der Waals surface area contributed by atoms with Gasteiger partial charge in [-0.2, -0.15) is 0 Å². The zero-order chi connectivity index (χ0) is 18.6. The van der Waals surface area contributed by atoms with E-state index in [0.29, 0.717) is 22.7 Å². The summed E-state index contributed by atoms with van der Waals surface area (Å²) in [6, 6.07) is 10.3. The van der Waals surface area contributed by atoms with Crippen LogP contribution in [0.1, 0.15) is 11.1 Å². The molecule has 3 aromatic rings. The number of nitrogens with zero attached hydrogens (tertiary/aromatic N) is 2. The minimum absolute atomic E-state index is 0.208. The highest BCUT2D eigenvalue weighted by Crippen LogP contribution is 2.32. The molecule has 1 aliphatic heterocycles. The molecule has 136 valence electrons. The van der Waals surface area contributed by atoms with E-state index < -0.39 is 0 Å². The van der Waals surface area contributed by atoms with Crippen LogP contribution in [0.5, 0.6) is 11.5 Å². The number of hydrogen-bond donors (Lipinski definition) is 1. The SMILES string of the molecule is O=C(/C=C/c1ccc2c(c1)OCO2)NCc1ccc(-n2ccnc2)c(F)c1. The summed E-state index contributed by atoms with van der Waals surface area (Å²) in [5, 5.41) is 2.74. The van der Waals surface area contributed by atoms with E-state index >= 15 is 0 Å². The van der Waals surface area contributed by atoms with Crippen molar-refractivity contribution in [2.75, 3.05) is 6.79 Å². The molecule has 0 fully saturated rings. The molecule has 1 aromatic heterocycles. The van der Waals surface area contributed by atoms with Gasteiger partial charge in [-0.15, -0.1) is 0 Å². The smallest absolute Gasteiger partial charge is 0.244 e. The van der Waals surface area contributed by atoms with E-state index in [-0.39, 0.29) is 25.1 Å². The highest BCUT2D eigenvalue weighted by Gasteiger charge is 2.12. The van der Waals surface area contributed by atoms with Crippen LogP contribution < -0.4 is 14.8 Å². The topological polar surface area (TPSA) is 65.4 Å². The Labute approximate surface area is 154 Å². The maximum Gasteiger partial charge on any atom is 0.244 e. The number of fused-ring (bicyclic) bond motifs is 1. The van der Waals surface area contributed by atoms with E-state index in [0.717, 1.165) is 5.56 Å². The maximum atomic E-state index is 14.2. The van der Waals surface area contributed by atoms with Gasteiger partial charge in [0.15, 0.2) is 11.5 Å². The van der Waals surface area contributed by atoms with Gasteiger partial charge in [0.25, 0.3) is 0 Å². The number of ether oxygens (including phenoxy) is 2. The lowest BCUT2D eigenvalue weighted by Gasteiger charge is -2.07. The summed E-state index contributed by atoms with van der Waals surface area (Å²) in [5.41, 5.74) is 1.90. The second kappa shape index (κ2) is 7.33. The molecule has 4 rings (SSSR count). The summed E-state index contributed by atoms with van der Waals surface area (Å²) in [6.45, 7) is 0.435. The number of benzene rings is 2. The van der Waals surface area contributed by atoms with Gasteiger partial charge in [-0.1, -0.05) is 12.1 Å². The average molecular weight is 365 g/mol. The zero-order valence-electron chi connectivity index (χ0n) is 14.3. The van der Waals surface area contributed by atoms with Crippen LogP contribution in [0.3, 0.4) is 0 Å². The van der Waals surface area contributed by atoms with Crippen molar-refractivity contribution in [2.24, 2.45) is 0 Å². The molecule has 0 saturated heterocycles. The van der Waals surface area contributed by atoms with Crippen LogP contribution in [-0.2, 0) is 11.3 Å². The van der Waals surface area contributed by atoms with Crippen LogP contribution in [0.15, 0.2) is 61.2 Å². The molecule has 0 spiro atoms. The van der Waals surface area contributed by atoms with Gasteiger partial charge in [0.05, 0.1) is 12.0 Å². The van der Waals surface area contributed by atoms with Crippen molar-refractivity contribution in [1.29, 1.82) is 0 Å². The van der Waals surface area contributed by atoms with Crippen LogP contribution in [0.25, 0.3) is 11.8 Å². The first-order chi connectivity index (χ1) is 13.2. The predicted molar refractivity (Wildman–Crippen MR) is 97.0 cm³/mol. The Bertz CT molecular complexity index is 1000. The second-order valence-electron chi connectivity index (χ2n) is 5.92. The van der Waals surface area contributed by atoms with Gasteiger partial charge in [0.2, 0.25) is 12.7 Å². The minimum atomic E-state index is -0.379. The molecule has 1 amide bonds. The summed E-state index contributed by atoms with van der Waals surface area (Å²) in [4.78, 5) is 15.9. The van der Waals surface area contributed by atoms with Crippen molar-refractivity contribution in [2.45, 2.75) is 6.54 Å². The molecule has 1 N–H and O–H groups in total. The number of amides is 1. The molecule has 2 heterocycles. The second-order valence-corrected chi connectivity index (χ2v) is 5.92. The molecular formula is C20H16FN3O3. The van der Waals surface area contributed by atoms with Crippen LogP contribution in [0.2, 0.25) is 0 Å². The van der Waals surface area contributed by atoms with E-state index in [1.807, 2.05) is 6.07 Å². The van der Waals surface area contributed by atoms with E-state index in [2.05, 4.69) is 10.3 Å². The number of aromatic nitrogens is 2. The third kappa shape index (κ3) is 3.82. The Kier molecular flexibility index (Phi) is 4.57. The Hall–Kier alpha value is -3.61. The molecule has 0 unspecified atom stereocenters. The van der Waals surface area contributed by atoms with Gasteiger partial charge < -0.3 is 19.4 Å². The van der Waals surface area contributed by atoms with Crippen molar-refractivity contribution in [3.8, 4) is 17.2 Å². The minimum Gasteiger partial charge on any atom is -0.454 e. The Morgan fingerprint density at radius 3 is 2.93 bits per heavy atom. The quantitative estimate of drug-likeness (QED) is 0.706. The molecule has 7 heteroatoms. The normalized spacial score (nSPS) is 12.5. The fourth-order valence-electron chi connectivity index (χ4n) is 2.71.